The molecule has 0 aliphatic heterocycles. The Bertz CT molecular complexity index is 491. The largest absolute Gasteiger partial charge is 0.573 e. The van der Waals surface area contributed by atoms with Crippen LogP contribution < -0.4 is 15.2 Å². The summed E-state index contributed by atoms with van der Waals surface area (Å²) < 4.78 is 50.2. The maximum absolute atomic E-state index is 12.4. The van der Waals surface area contributed by atoms with Gasteiger partial charge in [-0.25, -0.2) is 4.98 Å². The van der Waals surface area contributed by atoms with E-state index in [0.29, 0.717) is 0 Å². The molecule has 0 aliphatic rings. The van der Waals surface area contributed by atoms with Crippen LogP contribution >= 0.6 is 0 Å². The fraction of sp³-hybridized carbons (Fsp3) is 0.455. The fourth-order valence-corrected chi connectivity index (χ4v) is 1.52. The van der Waals surface area contributed by atoms with Crippen LogP contribution in [0.1, 0.15) is 11.1 Å². The van der Waals surface area contributed by atoms with Gasteiger partial charge in [-0.1, -0.05) is 0 Å². The van der Waals surface area contributed by atoms with E-state index in [0.717, 1.165) is 14.2 Å². The SMILES string of the molecule is COC(=O)Cc1cnc(OC)c(OC(F)(F)F)c1CN. The topological polar surface area (TPSA) is 83.7 Å². The normalized spacial score (nSPS) is 11.1. The first-order valence-electron chi connectivity index (χ1n) is 5.39. The minimum atomic E-state index is -4.93. The number of alkyl halides is 3. The number of carbonyl (C=O) groups excluding carboxylic acids is 1. The first-order valence-corrected chi connectivity index (χ1v) is 5.39. The van der Waals surface area contributed by atoms with E-state index in [1.165, 1.54) is 6.20 Å². The van der Waals surface area contributed by atoms with E-state index in [1.807, 2.05) is 0 Å². The lowest BCUT2D eigenvalue weighted by atomic mass is 10.1. The van der Waals surface area contributed by atoms with Gasteiger partial charge < -0.3 is 19.9 Å². The summed E-state index contributed by atoms with van der Waals surface area (Å²) in [7, 11) is 2.31. The van der Waals surface area contributed by atoms with Crippen molar-refractivity contribution in [3.63, 3.8) is 0 Å². The van der Waals surface area contributed by atoms with Crippen LogP contribution in [0.3, 0.4) is 0 Å². The van der Waals surface area contributed by atoms with Crippen molar-refractivity contribution in [2.24, 2.45) is 5.73 Å². The molecule has 6 nitrogen and oxygen atoms in total. The second-order valence-corrected chi connectivity index (χ2v) is 3.61. The Balaban J connectivity index is 3.28. The van der Waals surface area contributed by atoms with E-state index in [2.05, 4.69) is 14.5 Å². The van der Waals surface area contributed by atoms with E-state index >= 15 is 0 Å². The Labute approximate surface area is 112 Å². The van der Waals surface area contributed by atoms with Gasteiger partial charge in [-0.05, 0) is 5.56 Å². The molecule has 0 aromatic carbocycles. The number of aromatic nitrogens is 1. The molecule has 0 radical (unpaired) electrons. The number of esters is 1. The zero-order valence-electron chi connectivity index (χ0n) is 10.8. The maximum Gasteiger partial charge on any atom is 0.573 e. The molecule has 0 bridgehead atoms. The van der Waals surface area contributed by atoms with Crippen LogP contribution in [0.2, 0.25) is 0 Å². The van der Waals surface area contributed by atoms with Crippen LogP contribution in [0.5, 0.6) is 11.6 Å². The molecule has 0 unspecified atom stereocenters. The number of pyridine rings is 1. The van der Waals surface area contributed by atoms with Crippen molar-refractivity contribution in [1.82, 2.24) is 4.98 Å². The first-order chi connectivity index (χ1) is 9.32. The standard InChI is InChI=1S/C11H13F3N2O4/c1-18-8(17)3-6-5-16-10(19-2)9(7(6)4-15)20-11(12,13)14/h5H,3-4,15H2,1-2H3. The van der Waals surface area contributed by atoms with Gasteiger partial charge in [0.05, 0.1) is 20.6 Å². The molecule has 0 fully saturated rings. The average Bonchev–Trinajstić information content (AvgIpc) is 2.37. The Morgan fingerprint density at radius 3 is 2.50 bits per heavy atom. The molecule has 112 valence electrons. The summed E-state index contributed by atoms with van der Waals surface area (Å²) in [5.41, 5.74) is 5.59. The van der Waals surface area contributed by atoms with Gasteiger partial charge in [0.1, 0.15) is 0 Å². The number of methoxy groups -OCH3 is 2. The Hall–Kier alpha value is -2.03. The summed E-state index contributed by atoms with van der Waals surface area (Å²) in [5, 5.41) is 0. The van der Waals surface area contributed by atoms with Crippen molar-refractivity contribution in [2.45, 2.75) is 19.3 Å². The number of halogens is 3. The van der Waals surface area contributed by atoms with Crippen molar-refractivity contribution in [3.8, 4) is 11.6 Å². The van der Waals surface area contributed by atoms with Crippen molar-refractivity contribution in [1.29, 1.82) is 0 Å². The third-order valence-electron chi connectivity index (χ3n) is 2.37. The van der Waals surface area contributed by atoms with Gasteiger partial charge in [-0.2, -0.15) is 0 Å². The van der Waals surface area contributed by atoms with E-state index < -0.39 is 18.1 Å². The van der Waals surface area contributed by atoms with Crippen LogP contribution in [0.4, 0.5) is 13.2 Å². The second kappa shape index (κ2) is 6.42. The molecule has 9 heteroatoms. The van der Waals surface area contributed by atoms with Gasteiger partial charge in [-0.15, -0.1) is 13.2 Å². The second-order valence-electron chi connectivity index (χ2n) is 3.61. The van der Waals surface area contributed by atoms with Gasteiger partial charge in [0.25, 0.3) is 5.88 Å². The molecule has 1 aromatic rings. The monoisotopic (exact) mass is 294 g/mol. The number of ether oxygens (including phenoxy) is 3. The highest BCUT2D eigenvalue weighted by Gasteiger charge is 2.34. The van der Waals surface area contributed by atoms with Crippen LogP contribution in [0.25, 0.3) is 0 Å². The molecule has 0 spiro atoms. The van der Waals surface area contributed by atoms with Crippen molar-refractivity contribution >= 4 is 5.97 Å². The van der Waals surface area contributed by atoms with Crippen LogP contribution in [-0.2, 0) is 22.5 Å². The third-order valence-corrected chi connectivity index (χ3v) is 2.37. The van der Waals surface area contributed by atoms with Gasteiger partial charge in [-0.3, -0.25) is 4.79 Å². The predicted octanol–water partition coefficient (Wildman–Crippen LogP) is 1.16. The molecule has 1 heterocycles. The predicted molar refractivity (Wildman–Crippen MR) is 61.1 cm³/mol. The molecule has 20 heavy (non-hydrogen) atoms. The summed E-state index contributed by atoms with van der Waals surface area (Å²) in [6.07, 6.45) is -4.00. The Morgan fingerprint density at radius 1 is 1.40 bits per heavy atom. The quantitative estimate of drug-likeness (QED) is 0.820. The van der Waals surface area contributed by atoms with Gasteiger partial charge in [0, 0.05) is 18.3 Å². The minimum Gasteiger partial charge on any atom is -0.478 e. The molecule has 1 aromatic heterocycles. The highest BCUT2D eigenvalue weighted by atomic mass is 19.4. The number of nitrogens with zero attached hydrogens (tertiary/aromatic N) is 1. The van der Waals surface area contributed by atoms with E-state index in [-0.39, 0.29) is 30.0 Å². The maximum atomic E-state index is 12.4. The fourth-order valence-electron chi connectivity index (χ4n) is 1.52. The summed E-state index contributed by atoms with van der Waals surface area (Å²) in [6.45, 7) is -0.281. The van der Waals surface area contributed by atoms with Crippen LogP contribution in [0, 0.1) is 0 Å². The zero-order chi connectivity index (χ0) is 15.3. The molecule has 0 saturated heterocycles. The summed E-state index contributed by atoms with van der Waals surface area (Å²) in [5.74, 6) is -1.65. The Morgan fingerprint density at radius 2 is 2.05 bits per heavy atom. The van der Waals surface area contributed by atoms with Crippen molar-refractivity contribution < 1.29 is 32.2 Å². The summed E-state index contributed by atoms with van der Waals surface area (Å²) in [4.78, 5) is 14.9. The first kappa shape index (κ1) is 16.0. The van der Waals surface area contributed by atoms with Gasteiger partial charge in [0.2, 0.25) is 0 Å². The van der Waals surface area contributed by atoms with E-state index in [9.17, 15) is 18.0 Å². The number of nitrogens with two attached hydrogens (primary N) is 1. The number of hydrogen-bond donors (Lipinski definition) is 1. The molecule has 1 rings (SSSR count). The lowest BCUT2D eigenvalue weighted by Crippen LogP contribution is -2.21. The van der Waals surface area contributed by atoms with Crippen LogP contribution in [-0.4, -0.2) is 31.5 Å². The molecule has 0 amide bonds. The molecule has 0 atom stereocenters. The minimum absolute atomic E-state index is 0.0143. The number of rotatable bonds is 5. The van der Waals surface area contributed by atoms with E-state index in [1.54, 1.807) is 0 Å². The highest BCUT2D eigenvalue weighted by Crippen LogP contribution is 2.35. The van der Waals surface area contributed by atoms with Crippen LogP contribution in [0.15, 0.2) is 6.20 Å². The molecule has 0 saturated carbocycles. The summed E-state index contributed by atoms with van der Waals surface area (Å²) in [6, 6.07) is 0. The molecule has 0 aliphatic carbocycles. The molecular formula is C11H13F3N2O4. The highest BCUT2D eigenvalue weighted by molar-refractivity contribution is 5.73. The lowest BCUT2D eigenvalue weighted by molar-refractivity contribution is -0.275. The summed E-state index contributed by atoms with van der Waals surface area (Å²) >= 11 is 0. The van der Waals surface area contributed by atoms with Gasteiger partial charge >= 0.3 is 12.3 Å². The third kappa shape index (κ3) is 3.98. The zero-order valence-corrected chi connectivity index (χ0v) is 10.8. The molecule has 2 N–H and O–H groups in total. The van der Waals surface area contributed by atoms with E-state index in [4.69, 9.17) is 10.5 Å². The number of hydrogen-bond acceptors (Lipinski definition) is 6. The lowest BCUT2D eigenvalue weighted by Gasteiger charge is -2.17. The van der Waals surface area contributed by atoms with Crippen molar-refractivity contribution in [3.05, 3.63) is 17.3 Å². The molecular weight excluding hydrogens is 281 g/mol. The Kier molecular flexibility index (Phi) is 5.14. The number of carbonyl (C=O) groups is 1. The van der Waals surface area contributed by atoms with Crippen molar-refractivity contribution in [2.75, 3.05) is 14.2 Å². The average molecular weight is 294 g/mol. The van der Waals surface area contributed by atoms with Gasteiger partial charge in [0.15, 0.2) is 5.75 Å². The smallest absolute Gasteiger partial charge is 0.478 e.